The number of nitrogen functional groups attached to an aromatic ring is 1. The molecule has 0 fully saturated rings. The van der Waals surface area contributed by atoms with E-state index in [-0.39, 0.29) is 5.78 Å². The van der Waals surface area contributed by atoms with Crippen molar-refractivity contribution in [2.24, 2.45) is 0 Å². The molecule has 1 aliphatic heterocycles. The Bertz CT molecular complexity index is 679. The predicted molar refractivity (Wildman–Crippen MR) is 76.5 cm³/mol. The molecule has 20 heavy (non-hydrogen) atoms. The minimum atomic E-state index is -0.0422. The van der Waals surface area contributed by atoms with Crippen molar-refractivity contribution < 1.29 is 14.3 Å². The van der Waals surface area contributed by atoms with Gasteiger partial charge in [0.25, 0.3) is 0 Å². The number of benzene rings is 2. The largest absolute Gasteiger partial charge is 0.486 e. The van der Waals surface area contributed by atoms with Gasteiger partial charge in [-0.3, -0.25) is 4.79 Å². The first-order valence-corrected chi connectivity index (χ1v) is 6.45. The van der Waals surface area contributed by atoms with E-state index in [1.165, 1.54) is 0 Å². The van der Waals surface area contributed by atoms with Gasteiger partial charge in [0.1, 0.15) is 13.2 Å². The Hall–Kier alpha value is -2.49. The zero-order valence-corrected chi connectivity index (χ0v) is 11.2. The van der Waals surface area contributed by atoms with Gasteiger partial charge in [-0.1, -0.05) is 0 Å². The van der Waals surface area contributed by atoms with Crippen LogP contribution in [0.1, 0.15) is 21.5 Å². The number of rotatable bonds is 2. The van der Waals surface area contributed by atoms with Gasteiger partial charge in [0.2, 0.25) is 0 Å². The Balaban J connectivity index is 1.98. The molecule has 1 aliphatic rings. The van der Waals surface area contributed by atoms with Gasteiger partial charge in [-0.25, -0.2) is 0 Å². The Morgan fingerprint density at radius 3 is 2.55 bits per heavy atom. The highest BCUT2D eigenvalue weighted by Crippen LogP contribution is 2.31. The van der Waals surface area contributed by atoms with Crippen LogP contribution in [0.2, 0.25) is 0 Å². The topological polar surface area (TPSA) is 61.6 Å². The lowest BCUT2D eigenvalue weighted by Gasteiger charge is -2.18. The van der Waals surface area contributed by atoms with Crippen LogP contribution in [0.25, 0.3) is 0 Å². The monoisotopic (exact) mass is 269 g/mol. The number of carbonyl (C=O) groups excluding carboxylic acids is 1. The third kappa shape index (κ3) is 2.20. The Kier molecular flexibility index (Phi) is 3.06. The zero-order valence-electron chi connectivity index (χ0n) is 11.2. The van der Waals surface area contributed by atoms with Crippen molar-refractivity contribution >= 4 is 11.5 Å². The number of hydrogen-bond acceptors (Lipinski definition) is 4. The summed E-state index contributed by atoms with van der Waals surface area (Å²) in [6.45, 7) is 2.92. The predicted octanol–water partition coefficient (Wildman–Crippen LogP) is 2.58. The second-order valence-electron chi connectivity index (χ2n) is 4.76. The van der Waals surface area contributed by atoms with Crippen LogP contribution in [0, 0.1) is 6.92 Å². The number of ether oxygens (including phenoxy) is 2. The summed E-state index contributed by atoms with van der Waals surface area (Å²) in [4.78, 5) is 12.5. The molecule has 0 radical (unpaired) electrons. The van der Waals surface area contributed by atoms with Gasteiger partial charge in [-0.2, -0.15) is 0 Å². The van der Waals surface area contributed by atoms with Crippen molar-refractivity contribution in [3.63, 3.8) is 0 Å². The molecule has 4 heteroatoms. The second kappa shape index (κ2) is 4.89. The first kappa shape index (κ1) is 12.5. The number of fused-ring (bicyclic) bond motifs is 1. The van der Waals surface area contributed by atoms with Crippen molar-refractivity contribution in [1.82, 2.24) is 0 Å². The molecular weight excluding hydrogens is 254 g/mol. The van der Waals surface area contributed by atoms with Crippen molar-refractivity contribution in [2.75, 3.05) is 18.9 Å². The summed E-state index contributed by atoms with van der Waals surface area (Å²) >= 11 is 0. The highest BCUT2D eigenvalue weighted by Gasteiger charge is 2.17. The molecule has 0 bridgehead atoms. The van der Waals surface area contributed by atoms with E-state index in [9.17, 15) is 4.79 Å². The van der Waals surface area contributed by atoms with Crippen LogP contribution in [0.3, 0.4) is 0 Å². The number of carbonyl (C=O) groups is 1. The molecule has 2 N–H and O–H groups in total. The van der Waals surface area contributed by atoms with E-state index in [0.29, 0.717) is 41.5 Å². The minimum absolute atomic E-state index is 0.0422. The van der Waals surface area contributed by atoms with Crippen LogP contribution in [-0.4, -0.2) is 19.0 Å². The van der Waals surface area contributed by atoms with Gasteiger partial charge in [0.15, 0.2) is 17.3 Å². The third-order valence-electron chi connectivity index (χ3n) is 3.30. The summed E-state index contributed by atoms with van der Waals surface area (Å²) in [6, 6.07) is 10.5. The Labute approximate surface area is 117 Å². The maximum Gasteiger partial charge on any atom is 0.193 e. The highest BCUT2D eigenvalue weighted by molar-refractivity contribution is 6.10. The molecule has 0 unspecified atom stereocenters. The van der Waals surface area contributed by atoms with Crippen LogP contribution >= 0.6 is 0 Å². The number of nitrogens with two attached hydrogens (primary N) is 1. The number of aryl methyl sites for hydroxylation is 1. The Morgan fingerprint density at radius 2 is 1.80 bits per heavy atom. The third-order valence-corrected chi connectivity index (χ3v) is 3.30. The molecule has 0 aliphatic carbocycles. The second-order valence-corrected chi connectivity index (χ2v) is 4.76. The number of ketones is 1. The summed E-state index contributed by atoms with van der Waals surface area (Å²) in [5, 5.41) is 0. The highest BCUT2D eigenvalue weighted by atomic mass is 16.6. The molecule has 0 atom stereocenters. The molecule has 0 aromatic heterocycles. The van der Waals surface area contributed by atoms with Crippen molar-refractivity contribution in [2.45, 2.75) is 6.92 Å². The van der Waals surface area contributed by atoms with E-state index in [4.69, 9.17) is 15.2 Å². The van der Waals surface area contributed by atoms with E-state index in [1.54, 1.807) is 36.4 Å². The smallest absolute Gasteiger partial charge is 0.193 e. The SMILES string of the molecule is Cc1cc(N)ccc1C(=O)c1ccc2c(c1)OCCO2. The maximum absolute atomic E-state index is 12.5. The van der Waals surface area contributed by atoms with E-state index in [2.05, 4.69) is 0 Å². The van der Waals surface area contributed by atoms with Gasteiger partial charge < -0.3 is 15.2 Å². The Morgan fingerprint density at radius 1 is 1.05 bits per heavy atom. The van der Waals surface area contributed by atoms with Crippen molar-refractivity contribution in [1.29, 1.82) is 0 Å². The quantitative estimate of drug-likeness (QED) is 0.672. The van der Waals surface area contributed by atoms with Gasteiger partial charge in [-0.05, 0) is 48.9 Å². The number of hydrogen-bond donors (Lipinski definition) is 1. The van der Waals surface area contributed by atoms with Gasteiger partial charge in [0, 0.05) is 16.8 Å². The fourth-order valence-corrected chi connectivity index (χ4v) is 2.28. The lowest BCUT2D eigenvalue weighted by Crippen LogP contribution is -2.16. The summed E-state index contributed by atoms with van der Waals surface area (Å²) in [7, 11) is 0. The molecule has 0 saturated carbocycles. The summed E-state index contributed by atoms with van der Waals surface area (Å²) in [5.41, 5.74) is 8.46. The van der Waals surface area contributed by atoms with E-state index in [1.807, 2.05) is 6.92 Å². The average molecular weight is 269 g/mol. The first-order valence-electron chi connectivity index (χ1n) is 6.45. The van der Waals surface area contributed by atoms with Crippen LogP contribution in [0.5, 0.6) is 11.5 Å². The zero-order chi connectivity index (χ0) is 14.1. The molecule has 0 saturated heterocycles. The van der Waals surface area contributed by atoms with Crippen LogP contribution in [-0.2, 0) is 0 Å². The molecule has 4 nitrogen and oxygen atoms in total. The summed E-state index contributed by atoms with van der Waals surface area (Å²) < 4.78 is 11.0. The number of anilines is 1. The lowest BCUT2D eigenvalue weighted by atomic mass is 9.98. The fraction of sp³-hybridized carbons (Fsp3) is 0.188. The van der Waals surface area contributed by atoms with E-state index >= 15 is 0 Å². The molecule has 3 rings (SSSR count). The average Bonchev–Trinajstić information content (AvgIpc) is 2.46. The molecule has 2 aromatic carbocycles. The molecule has 102 valence electrons. The summed E-state index contributed by atoms with van der Waals surface area (Å²) in [5.74, 6) is 1.26. The van der Waals surface area contributed by atoms with Crippen LogP contribution in [0.15, 0.2) is 36.4 Å². The maximum atomic E-state index is 12.5. The molecule has 1 heterocycles. The van der Waals surface area contributed by atoms with Gasteiger partial charge in [-0.15, -0.1) is 0 Å². The van der Waals surface area contributed by atoms with Crippen molar-refractivity contribution in [3.05, 3.63) is 53.1 Å². The molecule has 0 amide bonds. The van der Waals surface area contributed by atoms with Crippen LogP contribution < -0.4 is 15.2 Å². The fourth-order valence-electron chi connectivity index (χ4n) is 2.28. The van der Waals surface area contributed by atoms with Crippen molar-refractivity contribution in [3.8, 4) is 11.5 Å². The van der Waals surface area contributed by atoms with Gasteiger partial charge in [0.05, 0.1) is 0 Å². The van der Waals surface area contributed by atoms with Gasteiger partial charge >= 0.3 is 0 Å². The molecular formula is C16H15NO3. The standard InChI is InChI=1S/C16H15NO3/c1-10-8-12(17)3-4-13(10)16(18)11-2-5-14-15(9-11)20-7-6-19-14/h2-5,8-9H,6-7,17H2,1H3. The van der Waals surface area contributed by atoms with E-state index in [0.717, 1.165) is 5.56 Å². The summed E-state index contributed by atoms with van der Waals surface area (Å²) in [6.07, 6.45) is 0. The normalized spacial score (nSPS) is 13.1. The minimum Gasteiger partial charge on any atom is -0.486 e. The first-order chi connectivity index (χ1) is 9.65. The van der Waals surface area contributed by atoms with E-state index < -0.39 is 0 Å². The molecule has 2 aromatic rings. The van der Waals surface area contributed by atoms with Crippen LogP contribution in [0.4, 0.5) is 5.69 Å². The lowest BCUT2D eigenvalue weighted by molar-refractivity contribution is 0.103. The molecule has 0 spiro atoms.